The van der Waals surface area contributed by atoms with Crippen molar-refractivity contribution in [3.8, 4) is 5.75 Å². The number of ether oxygens (including phenoxy) is 1. The minimum Gasteiger partial charge on any atom is -0.525 e. The Morgan fingerprint density at radius 1 is 1.28 bits per heavy atom. The number of halogens is 1. The van der Waals surface area contributed by atoms with Gasteiger partial charge in [0.2, 0.25) is 0 Å². The maximum Gasteiger partial charge on any atom is 0.635 e. The van der Waals surface area contributed by atoms with E-state index in [1.54, 1.807) is 12.5 Å². The fraction of sp³-hybridized carbons (Fsp3) is 0.385. The van der Waals surface area contributed by atoms with Crippen LogP contribution in [0.1, 0.15) is 32.3 Å². The van der Waals surface area contributed by atoms with E-state index in [2.05, 4.69) is 35.8 Å². The van der Waals surface area contributed by atoms with E-state index >= 15 is 0 Å². The zero-order valence-corrected chi connectivity index (χ0v) is 12.4. The van der Waals surface area contributed by atoms with Crippen molar-refractivity contribution in [3.63, 3.8) is 0 Å². The van der Waals surface area contributed by atoms with Crippen LogP contribution in [0.5, 0.6) is 5.75 Å². The van der Waals surface area contributed by atoms with Gasteiger partial charge in [-0.1, -0.05) is 35.8 Å². The Morgan fingerprint density at radius 2 is 1.94 bits per heavy atom. The molecule has 0 radical (unpaired) electrons. The molecule has 1 aromatic rings. The van der Waals surface area contributed by atoms with Crippen molar-refractivity contribution >= 4 is 28.5 Å². The minimum atomic E-state index is -0.405. The molecule has 0 aliphatic carbocycles. The molecule has 0 aromatic heterocycles. The molecule has 96 valence electrons. The van der Waals surface area contributed by atoms with Crippen molar-refractivity contribution in [2.75, 3.05) is 6.61 Å². The van der Waals surface area contributed by atoms with Crippen LogP contribution in [-0.4, -0.2) is 13.7 Å². The molecule has 0 N–H and O–H groups in total. The van der Waals surface area contributed by atoms with Crippen LogP contribution < -0.4 is 10.2 Å². The van der Waals surface area contributed by atoms with Crippen LogP contribution in [-0.2, 0) is 9.31 Å². The first-order chi connectivity index (χ1) is 8.63. The van der Waals surface area contributed by atoms with Gasteiger partial charge in [-0.2, -0.15) is 0 Å². The van der Waals surface area contributed by atoms with E-state index in [1.165, 1.54) is 5.56 Å². The molecule has 3 nitrogen and oxygen atoms in total. The first-order valence-electron chi connectivity index (χ1n) is 6.05. The van der Waals surface area contributed by atoms with Crippen molar-refractivity contribution < 1.29 is 14.0 Å². The molecular weight excluding hydrogens is 295 g/mol. The van der Waals surface area contributed by atoms with E-state index in [4.69, 9.17) is 14.0 Å². The smallest absolute Gasteiger partial charge is 0.525 e. The van der Waals surface area contributed by atoms with Gasteiger partial charge < -0.3 is 14.0 Å². The van der Waals surface area contributed by atoms with Crippen molar-refractivity contribution in [2.24, 2.45) is 0 Å². The molecule has 0 amide bonds. The van der Waals surface area contributed by atoms with Crippen LogP contribution in [0.15, 0.2) is 29.1 Å². The van der Waals surface area contributed by atoms with Crippen molar-refractivity contribution in [3.05, 3.63) is 34.7 Å². The normalized spacial score (nSPS) is 13.7. The molecular formula is C13H16BBrO3. The second-order valence-electron chi connectivity index (χ2n) is 4.38. The van der Waals surface area contributed by atoms with Gasteiger partial charge in [-0.05, 0) is 24.5 Å². The highest BCUT2D eigenvalue weighted by molar-refractivity contribution is 9.10. The molecule has 0 saturated heterocycles. The van der Waals surface area contributed by atoms with Crippen molar-refractivity contribution in [2.45, 2.75) is 26.7 Å². The Morgan fingerprint density at radius 3 is 2.50 bits per heavy atom. The standard InChI is InChI=1S/C13H16BBrO3/c1-4-16-13-8-12(15)10(9(2)3)7-11(13)14-17-5-6-18-14/h5-9H,4H2,1-3H3. The fourth-order valence-corrected chi connectivity index (χ4v) is 2.66. The van der Waals surface area contributed by atoms with Crippen LogP contribution in [0.25, 0.3) is 0 Å². The quantitative estimate of drug-likeness (QED) is 0.799. The summed E-state index contributed by atoms with van der Waals surface area (Å²) in [5.41, 5.74) is 2.14. The third-order valence-corrected chi connectivity index (χ3v) is 3.45. The van der Waals surface area contributed by atoms with Crippen LogP contribution in [0.4, 0.5) is 0 Å². The van der Waals surface area contributed by atoms with Gasteiger partial charge in [-0.3, -0.25) is 0 Å². The average molecular weight is 311 g/mol. The second kappa shape index (κ2) is 5.70. The highest BCUT2D eigenvalue weighted by atomic mass is 79.9. The number of rotatable bonds is 4. The zero-order chi connectivity index (χ0) is 13.1. The average Bonchev–Trinajstić information content (AvgIpc) is 2.82. The monoisotopic (exact) mass is 310 g/mol. The summed E-state index contributed by atoms with van der Waals surface area (Å²) in [5.74, 6) is 1.21. The third kappa shape index (κ3) is 2.66. The molecule has 5 heteroatoms. The Hall–Kier alpha value is -1.10. The first kappa shape index (κ1) is 13.3. The van der Waals surface area contributed by atoms with Gasteiger partial charge >= 0.3 is 7.12 Å². The SMILES string of the molecule is CCOc1cc(Br)c(C(C)C)cc1B1OC=CO1. The summed E-state index contributed by atoms with van der Waals surface area (Å²) in [4.78, 5) is 0. The van der Waals surface area contributed by atoms with E-state index < -0.39 is 7.12 Å². The molecule has 1 aliphatic heterocycles. The van der Waals surface area contributed by atoms with Crippen LogP contribution in [0.2, 0.25) is 0 Å². The number of hydrogen-bond donors (Lipinski definition) is 0. The van der Waals surface area contributed by atoms with E-state index in [0.29, 0.717) is 12.5 Å². The molecule has 0 atom stereocenters. The van der Waals surface area contributed by atoms with Gasteiger partial charge in [-0.15, -0.1) is 0 Å². The molecule has 1 heterocycles. The third-order valence-electron chi connectivity index (χ3n) is 2.76. The lowest BCUT2D eigenvalue weighted by atomic mass is 9.77. The predicted molar refractivity (Wildman–Crippen MR) is 76.1 cm³/mol. The molecule has 1 aliphatic rings. The van der Waals surface area contributed by atoms with E-state index in [-0.39, 0.29) is 0 Å². The summed E-state index contributed by atoms with van der Waals surface area (Å²) in [6, 6.07) is 4.07. The Kier molecular flexibility index (Phi) is 4.22. The lowest BCUT2D eigenvalue weighted by molar-refractivity contribution is 0.339. The van der Waals surface area contributed by atoms with Gasteiger partial charge in [0.15, 0.2) is 0 Å². The van der Waals surface area contributed by atoms with E-state index in [9.17, 15) is 0 Å². The highest BCUT2D eigenvalue weighted by Gasteiger charge is 2.31. The zero-order valence-electron chi connectivity index (χ0n) is 10.8. The number of hydrogen-bond acceptors (Lipinski definition) is 3. The summed E-state index contributed by atoms with van der Waals surface area (Å²) < 4.78 is 17.5. The maximum absolute atomic E-state index is 5.65. The minimum absolute atomic E-state index is 0.405. The van der Waals surface area contributed by atoms with Gasteiger partial charge in [0.1, 0.15) is 5.75 Å². The largest absolute Gasteiger partial charge is 0.635 e. The van der Waals surface area contributed by atoms with Gasteiger partial charge in [-0.25, -0.2) is 0 Å². The van der Waals surface area contributed by atoms with Crippen LogP contribution in [0.3, 0.4) is 0 Å². The summed E-state index contributed by atoms with van der Waals surface area (Å²) in [6.45, 7) is 6.88. The van der Waals surface area contributed by atoms with Crippen LogP contribution >= 0.6 is 15.9 Å². The Bertz CT molecular complexity index is 452. The number of benzene rings is 1. The molecule has 0 fully saturated rings. The van der Waals surface area contributed by atoms with Crippen molar-refractivity contribution in [1.29, 1.82) is 0 Å². The molecule has 0 unspecified atom stereocenters. The summed E-state index contributed by atoms with van der Waals surface area (Å²) >= 11 is 3.58. The maximum atomic E-state index is 5.65. The second-order valence-corrected chi connectivity index (χ2v) is 5.23. The van der Waals surface area contributed by atoms with Crippen molar-refractivity contribution in [1.82, 2.24) is 0 Å². The molecule has 0 saturated carbocycles. The molecule has 2 rings (SSSR count). The molecule has 18 heavy (non-hydrogen) atoms. The Balaban J connectivity index is 2.42. The highest BCUT2D eigenvalue weighted by Crippen LogP contribution is 2.28. The summed E-state index contributed by atoms with van der Waals surface area (Å²) in [7, 11) is -0.405. The van der Waals surface area contributed by atoms with Gasteiger partial charge in [0.05, 0.1) is 24.6 Å². The molecule has 1 aromatic carbocycles. The van der Waals surface area contributed by atoms with E-state index in [0.717, 1.165) is 15.7 Å². The van der Waals surface area contributed by atoms with E-state index in [1.807, 2.05) is 13.0 Å². The summed E-state index contributed by atoms with van der Waals surface area (Å²) in [5, 5.41) is 0. The summed E-state index contributed by atoms with van der Waals surface area (Å²) in [6.07, 6.45) is 3.11. The lowest BCUT2D eigenvalue weighted by Gasteiger charge is -2.16. The molecule has 0 bridgehead atoms. The van der Waals surface area contributed by atoms with Gasteiger partial charge in [0.25, 0.3) is 0 Å². The Labute approximate surface area is 116 Å². The molecule has 0 spiro atoms. The topological polar surface area (TPSA) is 27.7 Å². The first-order valence-corrected chi connectivity index (χ1v) is 6.84. The van der Waals surface area contributed by atoms with Gasteiger partial charge in [0, 0.05) is 4.47 Å². The fourth-order valence-electron chi connectivity index (χ4n) is 1.88. The van der Waals surface area contributed by atoms with Crippen LogP contribution in [0, 0.1) is 0 Å². The lowest BCUT2D eigenvalue weighted by Crippen LogP contribution is -2.33. The predicted octanol–water partition coefficient (Wildman–Crippen LogP) is 3.18.